The van der Waals surface area contributed by atoms with E-state index in [9.17, 15) is 9.59 Å². The molecule has 2 fully saturated rings. The van der Waals surface area contributed by atoms with Crippen LogP contribution in [0.1, 0.15) is 39.5 Å². The highest BCUT2D eigenvalue weighted by molar-refractivity contribution is 6.33. The Kier molecular flexibility index (Phi) is 7.92. The van der Waals surface area contributed by atoms with E-state index in [4.69, 9.17) is 11.6 Å². The van der Waals surface area contributed by atoms with E-state index in [1.165, 1.54) is 29.1 Å². The van der Waals surface area contributed by atoms with Crippen LogP contribution in [0.2, 0.25) is 5.02 Å². The molecule has 2 amide bonds. The second-order valence-corrected chi connectivity index (χ2v) is 9.12. The van der Waals surface area contributed by atoms with E-state index in [0.29, 0.717) is 29.2 Å². The number of benzene rings is 1. The van der Waals surface area contributed by atoms with Gasteiger partial charge in [-0.1, -0.05) is 43.5 Å². The molecule has 0 spiro atoms. The van der Waals surface area contributed by atoms with Crippen molar-refractivity contribution in [3.63, 3.8) is 0 Å². The summed E-state index contributed by atoms with van der Waals surface area (Å²) < 4.78 is 0. The summed E-state index contributed by atoms with van der Waals surface area (Å²) in [6.07, 6.45) is 4.82. The highest BCUT2D eigenvalue weighted by atomic mass is 35.5. The zero-order chi connectivity index (χ0) is 20.8. The average Bonchev–Trinajstić information content (AvgIpc) is 2.71. The Morgan fingerprint density at radius 2 is 1.83 bits per heavy atom. The molecule has 7 heteroatoms. The van der Waals surface area contributed by atoms with E-state index in [2.05, 4.69) is 17.6 Å². The lowest BCUT2D eigenvalue weighted by molar-refractivity contribution is -1.01. The van der Waals surface area contributed by atoms with Crippen LogP contribution in [0.5, 0.6) is 0 Å². The van der Waals surface area contributed by atoms with E-state index in [-0.39, 0.29) is 17.9 Å². The minimum atomic E-state index is -0.0392. The third kappa shape index (κ3) is 6.17. The van der Waals surface area contributed by atoms with Crippen LogP contribution in [0.15, 0.2) is 24.3 Å². The van der Waals surface area contributed by atoms with Crippen LogP contribution in [-0.2, 0) is 9.59 Å². The van der Waals surface area contributed by atoms with Gasteiger partial charge in [-0.25, -0.2) is 0 Å². The number of piperazine rings is 1. The topological polar surface area (TPSA) is 67.1 Å². The number of carbonyl (C=O) groups is 2. The zero-order valence-electron chi connectivity index (χ0n) is 17.6. The first-order valence-electron chi connectivity index (χ1n) is 11.0. The van der Waals surface area contributed by atoms with Crippen LogP contribution in [0.4, 0.5) is 5.69 Å². The van der Waals surface area contributed by atoms with E-state index < -0.39 is 0 Å². The summed E-state index contributed by atoms with van der Waals surface area (Å²) in [5.74, 6) is 0.736. The van der Waals surface area contributed by atoms with Gasteiger partial charge in [0.05, 0.1) is 10.7 Å². The molecule has 3 rings (SSSR count). The minimum Gasteiger partial charge on any atom is -0.348 e. The number of rotatable bonds is 6. The summed E-state index contributed by atoms with van der Waals surface area (Å²) in [4.78, 5) is 27.7. The second kappa shape index (κ2) is 10.4. The number of halogens is 1. The van der Waals surface area contributed by atoms with Gasteiger partial charge in [0, 0.05) is 6.04 Å². The first-order chi connectivity index (χ1) is 13.9. The fourth-order valence-electron chi connectivity index (χ4n) is 4.54. The van der Waals surface area contributed by atoms with Crippen molar-refractivity contribution in [2.24, 2.45) is 5.92 Å². The van der Waals surface area contributed by atoms with Crippen molar-refractivity contribution in [2.45, 2.75) is 51.6 Å². The lowest BCUT2D eigenvalue weighted by atomic mass is 9.86. The van der Waals surface area contributed by atoms with Crippen molar-refractivity contribution in [1.29, 1.82) is 0 Å². The Morgan fingerprint density at radius 1 is 1.14 bits per heavy atom. The third-order valence-electron chi connectivity index (χ3n) is 6.60. The van der Waals surface area contributed by atoms with Gasteiger partial charge < -0.3 is 20.4 Å². The summed E-state index contributed by atoms with van der Waals surface area (Å²) in [5.41, 5.74) is 0.657. The first kappa shape index (κ1) is 22.1. The van der Waals surface area contributed by atoms with Gasteiger partial charge in [-0.05, 0) is 37.8 Å². The Hall–Kier alpha value is -1.63. The number of quaternary nitrogens is 2. The second-order valence-electron chi connectivity index (χ2n) is 8.71. The monoisotopic (exact) mass is 422 g/mol. The SMILES string of the molecule is C[C@H](C(=O)N[C@@H]1CCCC[C@@H]1C)[NH+]1CC[NH+](CC(=O)Nc2ccccc2Cl)CC1. The number of anilines is 1. The summed E-state index contributed by atoms with van der Waals surface area (Å²) in [5, 5.41) is 6.75. The molecule has 2 aliphatic rings. The Labute approximate surface area is 179 Å². The highest BCUT2D eigenvalue weighted by Gasteiger charge is 2.33. The number of carbonyl (C=O) groups excluding carboxylic acids is 2. The first-order valence-corrected chi connectivity index (χ1v) is 11.3. The molecule has 0 unspecified atom stereocenters. The maximum atomic E-state index is 12.7. The van der Waals surface area contributed by atoms with Crippen LogP contribution < -0.4 is 20.4 Å². The molecule has 3 atom stereocenters. The summed E-state index contributed by atoms with van der Waals surface area (Å²) in [6, 6.07) is 7.58. The number of hydrogen-bond acceptors (Lipinski definition) is 2. The summed E-state index contributed by atoms with van der Waals surface area (Å²) >= 11 is 6.11. The van der Waals surface area contributed by atoms with Crippen LogP contribution in [0.3, 0.4) is 0 Å². The molecular formula is C22H35ClN4O2+2. The number of nitrogens with one attached hydrogen (secondary N) is 4. The van der Waals surface area contributed by atoms with Crippen LogP contribution >= 0.6 is 11.6 Å². The molecule has 1 aromatic rings. The predicted octanol–water partition coefficient (Wildman–Crippen LogP) is 0.145. The normalized spacial score (nSPS) is 28.4. The smallest absolute Gasteiger partial charge is 0.279 e. The largest absolute Gasteiger partial charge is 0.348 e. The van der Waals surface area contributed by atoms with Crippen molar-refractivity contribution < 1.29 is 19.4 Å². The third-order valence-corrected chi connectivity index (χ3v) is 6.93. The van der Waals surface area contributed by atoms with Gasteiger partial charge >= 0.3 is 0 Å². The Balaban J connectivity index is 1.41. The molecule has 4 N–H and O–H groups in total. The molecule has 1 heterocycles. The van der Waals surface area contributed by atoms with Gasteiger partial charge in [-0.2, -0.15) is 0 Å². The average molecular weight is 423 g/mol. The van der Waals surface area contributed by atoms with E-state index in [0.717, 1.165) is 32.6 Å². The molecular weight excluding hydrogens is 388 g/mol. The summed E-state index contributed by atoms with van der Waals surface area (Å²) in [6.45, 7) is 8.31. The summed E-state index contributed by atoms with van der Waals surface area (Å²) in [7, 11) is 0. The molecule has 0 bridgehead atoms. The molecule has 1 aliphatic heterocycles. The van der Waals surface area contributed by atoms with Gasteiger partial charge in [0.15, 0.2) is 12.6 Å². The molecule has 160 valence electrons. The Bertz CT molecular complexity index is 706. The molecule has 1 saturated carbocycles. The van der Waals surface area contributed by atoms with Crippen molar-refractivity contribution in [3.8, 4) is 0 Å². The molecule has 29 heavy (non-hydrogen) atoms. The fourth-order valence-corrected chi connectivity index (χ4v) is 4.73. The van der Waals surface area contributed by atoms with Gasteiger partial charge in [-0.15, -0.1) is 0 Å². The molecule has 1 saturated heterocycles. The number of amides is 2. The number of hydrogen-bond donors (Lipinski definition) is 4. The molecule has 0 radical (unpaired) electrons. The van der Waals surface area contributed by atoms with E-state index in [1.807, 2.05) is 25.1 Å². The lowest BCUT2D eigenvalue weighted by Gasteiger charge is -2.34. The van der Waals surface area contributed by atoms with Gasteiger partial charge in [0.2, 0.25) is 0 Å². The Morgan fingerprint density at radius 3 is 2.52 bits per heavy atom. The highest BCUT2D eigenvalue weighted by Crippen LogP contribution is 2.23. The van der Waals surface area contributed by atoms with Crippen molar-refractivity contribution >= 4 is 29.1 Å². The predicted molar refractivity (Wildman–Crippen MR) is 115 cm³/mol. The molecule has 6 nitrogen and oxygen atoms in total. The van der Waals surface area contributed by atoms with Crippen LogP contribution in [0.25, 0.3) is 0 Å². The van der Waals surface area contributed by atoms with Crippen LogP contribution in [-0.4, -0.2) is 56.6 Å². The van der Waals surface area contributed by atoms with E-state index in [1.54, 1.807) is 6.07 Å². The molecule has 1 aromatic carbocycles. The van der Waals surface area contributed by atoms with Crippen LogP contribution in [0, 0.1) is 5.92 Å². The van der Waals surface area contributed by atoms with E-state index >= 15 is 0 Å². The van der Waals surface area contributed by atoms with Crippen molar-refractivity contribution in [3.05, 3.63) is 29.3 Å². The molecule has 0 aromatic heterocycles. The van der Waals surface area contributed by atoms with Gasteiger partial charge in [0.1, 0.15) is 26.2 Å². The lowest BCUT2D eigenvalue weighted by Crippen LogP contribution is -3.30. The standard InChI is InChI=1S/C22H33ClN4O2/c1-16-7-3-5-9-19(16)25-22(29)17(2)27-13-11-26(12-14-27)15-21(28)24-20-10-6-4-8-18(20)23/h4,6,8,10,16-17,19H,3,5,7,9,11-15H2,1-2H3,(H,24,28)(H,25,29)/p+2/t16-,17+,19+/m0/s1. The van der Waals surface area contributed by atoms with Crippen molar-refractivity contribution in [1.82, 2.24) is 5.32 Å². The quantitative estimate of drug-likeness (QED) is 0.527. The number of para-hydroxylation sites is 1. The maximum absolute atomic E-state index is 12.7. The molecule has 1 aliphatic carbocycles. The van der Waals surface area contributed by atoms with Crippen molar-refractivity contribution in [2.75, 3.05) is 38.0 Å². The minimum absolute atomic E-state index is 0.0198. The zero-order valence-corrected chi connectivity index (χ0v) is 18.4. The van der Waals surface area contributed by atoms with Gasteiger partial charge in [0.25, 0.3) is 11.8 Å². The maximum Gasteiger partial charge on any atom is 0.279 e. The van der Waals surface area contributed by atoms with Gasteiger partial charge in [-0.3, -0.25) is 9.59 Å². The fraction of sp³-hybridized carbons (Fsp3) is 0.636.